The van der Waals surface area contributed by atoms with Gasteiger partial charge in [0.1, 0.15) is 0 Å². The van der Waals surface area contributed by atoms with Crippen molar-refractivity contribution in [3.8, 4) is 0 Å². The van der Waals surface area contributed by atoms with Gasteiger partial charge in [0.2, 0.25) is 5.91 Å². The predicted molar refractivity (Wildman–Crippen MR) is 79.7 cm³/mol. The maximum absolute atomic E-state index is 12.0. The first-order valence-electron chi connectivity index (χ1n) is 6.99. The van der Waals surface area contributed by atoms with Gasteiger partial charge in [-0.15, -0.1) is 0 Å². The molecule has 1 amide bonds. The van der Waals surface area contributed by atoms with Gasteiger partial charge in [-0.2, -0.15) is 0 Å². The first-order chi connectivity index (χ1) is 9.54. The van der Waals surface area contributed by atoms with Gasteiger partial charge in [0.05, 0.1) is 13.0 Å². The number of nitrogens with zero attached hydrogens (tertiary/aromatic N) is 1. The summed E-state index contributed by atoms with van der Waals surface area (Å²) in [5, 5.41) is 0. The van der Waals surface area contributed by atoms with E-state index >= 15 is 0 Å². The van der Waals surface area contributed by atoms with Crippen molar-refractivity contribution in [2.75, 3.05) is 18.6 Å². The number of amides is 1. The Morgan fingerprint density at radius 2 is 1.80 bits per heavy atom. The van der Waals surface area contributed by atoms with Crippen molar-refractivity contribution in [3.63, 3.8) is 0 Å². The van der Waals surface area contributed by atoms with Crippen molar-refractivity contribution < 1.29 is 14.3 Å². The Hall–Kier alpha value is -1.84. The summed E-state index contributed by atoms with van der Waals surface area (Å²) in [7, 11) is 1.36. The minimum absolute atomic E-state index is 0.0113. The average Bonchev–Trinajstić information content (AvgIpc) is 2.82. The topological polar surface area (TPSA) is 46.6 Å². The van der Waals surface area contributed by atoms with Crippen molar-refractivity contribution in [1.29, 1.82) is 0 Å². The molecule has 0 N–H and O–H groups in total. The van der Waals surface area contributed by atoms with Crippen LogP contribution in [0.1, 0.15) is 31.4 Å². The molecule has 1 aliphatic heterocycles. The first-order valence-corrected chi connectivity index (χ1v) is 6.99. The van der Waals surface area contributed by atoms with E-state index in [9.17, 15) is 9.59 Å². The number of esters is 1. The van der Waals surface area contributed by atoms with Gasteiger partial charge < -0.3 is 9.64 Å². The molecular formula is C16H23NO3. The smallest absolute Gasteiger partial charge is 0.311 e. The Balaban J connectivity index is 0.000000956. The lowest BCUT2D eigenvalue weighted by Crippen LogP contribution is -2.27. The molecule has 1 saturated heterocycles. The summed E-state index contributed by atoms with van der Waals surface area (Å²) < 4.78 is 4.71. The van der Waals surface area contributed by atoms with Gasteiger partial charge in [-0.25, -0.2) is 0 Å². The molecule has 1 fully saturated rings. The van der Waals surface area contributed by atoms with E-state index in [1.807, 2.05) is 45.9 Å². The van der Waals surface area contributed by atoms with E-state index in [1.54, 1.807) is 4.90 Å². The Morgan fingerprint density at radius 3 is 2.30 bits per heavy atom. The highest BCUT2D eigenvalue weighted by Crippen LogP contribution is 2.31. The molecule has 4 nitrogen and oxygen atoms in total. The first kappa shape index (κ1) is 16.2. The minimum atomic E-state index is -0.346. The molecular weight excluding hydrogens is 254 g/mol. The lowest BCUT2D eigenvalue weighted by Gasteiger charge is -2.21. The van der Waals surface area contributed by atoms with Crippen LogP contribution in [0, 0.1) is 19.8 Å². The summed E-state index contributed by atoms with van der Waals surface area (Å²) in [6.07, 6.45) is 0.237. The maximum Gasteiger partial charge on any atom is 0.311 e. The number of hydrogen-bond acceptors (Lipinski definition) is 3. The van der Waals surface area contributed by atoms with E-state index in [4.69, 9.17) is 4.74 Å². The Labute approximate surface area is 120 Å². The van der Waals surface area contributed by atoms with Crippen LogP contribution >= 0.6 is 0 Å². The summed E-state index contributed by atoms with van der Waals surface area (Å²) in [4.78, 5) is 25.2. The lowest BCUT2D eigenvalue weighted by atomic mass is 10.1. The zero-order valence-corrected chi connectivity index (χ0v) is 12.9. The van der Waals surface area contributed by atoms with E-state index in [-0.39, 0.29) is 24.2 Å². The fourth-order valence-corrected chi connectivity index (χ4v) is 2.48. The Kier molecular flexibility index (Phi) is 5.74. The number of methoxy groups -OCH3 is 1. The van der Waals surface area contributed by atoms with Crippen LogP contribution < -0.4 is 4.90 Å². The second kappa shape index (κ2) is 7.08. The number of benzene rings is 1. The van der Waals surface area contributed by atoms with E-state index in [1.165, 1.54) is 7.11 Å². The summed E-state index contributed by atoms with van der Waals surface area (Å²) in [5.41, 5.74) is 3.02. The lowest BCUT2D eigenvalue weighted by molar-refractivity contribution is -0.145. The second-order valence-corrected chi connectivity index (χ2v) is 4.67. The molecule has 110 valence electrons. The number of para-hydroxylation sites is 1. The fraction of sp³-hybridized carbons (Fsp3) is 0.500. The third-order valence-electron chi connectivity index (χ3n) is 3.37. The summed E-state index contributed by atoms with van der Waals surface area (Å²) >= 11 is 0. The van der Waals surface area contributed by atoms with Gasteiger partial charge in [0.25, 0.3) is 0 Å². The highest BCUT2D eigenvalue weighted by atomic mass is 16.5. The van der Waals surface area contributed by atoms with Gasteiger partial charge >= 0.3 is 5.97 Å². The molecule has 20 heavy (non-hydrogen) atoms. The number of carbonyl (C=O) groups excluding carboxylic acids is 2. The molecule has 2 rings (SSSR count). The Morgan fingerprint density at radius 1 is 1.25 bits per heavy atom. The molecule has 0 aromatic heterocycles. The van der Waals surface area contributed by atoms with E-state index in [2.05, 4.69) is 0 Å². The zero-order valence-electron chi connectivity index (χ0n) is 12.9. The number of rotatable bonds is 2. The molecule has 0 aliphatic carbocycles. The van der Waals surface area contributed by atoms with Crippen LogP contribution in [0.2, 0.25) is 0 Å². The molecule has 1 heterocycles. The van der Waals surface area contributed by atoms with Crippen LogP contribution in [0.4, 0.5) is 5.69 Å². The molecule has 0 spiro atoms. The van der Waals surface area contributed by atoms with Crippen LogP contribution in [0.15, 0.2) is 18.2 Å². The zero-order chi connectivity index (χ0) is 15.3. The molecule has 1 atom stereocenters. The molecule has 1 aromatic carbocycles. The average molecular weight is 277 g/mol. The van der Waals surface area contributed by atoms with Gasteiger partial charge in [0, 0.05) is 18.7 Å². The van der Waals surface area contributed by atoms with Crippen LogP contribution in [0.25, 0.3) is 0 Å². The number of anilines is 1. The number of aryl methyl sites for hydroxylation is 2. The normalized spacial score (nSPS) is 17.6. The van der Waals surface area contributed by atoms with Crippen LogP contribution in [-0.2, 0) is 14.3 Å². The molecule has 0 bridgehead atoms. The number of hydrogen-bond donors (Lipinski definition) is 0. The molecule has 1 aromatic rings. The van der Waals surface area contributed by atoms with Gasteiger partial charge in [-0.3, -0.25) is 9.59 Å². The molecule has 1 aliphatic rings. The predicted octanol–water partition coefficient (Wildman–Crippen LogP) is 2.86. The highest BCUT2D eigenvalue weighted by Gasteiger charge is 2.36. The second-order valence-electron chi connectivity index (χ2n) is 4.67. The molecule has 0 saturated carbocycles. The van der Waals surface area contributed by atoms with Crippen LogP contribution in [0.3, 0.4) is 0 Å². The van der Waals surface area contributed by atoms with Crippen LogP contribution in [-0.4, -0.2) is 25.5 Å². The standard InChI is InChI=1S/C14H17NO3.C2H6/c1-9-5-4-6-10(2)13(9)15-8-11(7-12(15)16)14(17)18-3;1-2/h4-6,11H,7-8H2,1-3H3;1-2H3. The summed E-state index contributed by atoms with van der Waals surface area (Å²) in [6.45, 7) is 8.36. The van der Waals surface area contributed by atoms with E-state index in [0.717, 1.165) is 16.8 Å². The van der Waals surface area contributed by atoms with E-state index < -0.39 is 0 Å². The maximum atomic E-state index is 12.0. The van der Waals surface area contributed by atoms with Gasteiger partial charge in [-0.05, 0) is 25.0 Å². The fourth-order valence-electron chi connectivity index (χ4n) is 2.48. The third kappa shape index (κ3) is 3.18. The molecule has 0 radical (unpaired) electrons. The van der Waals surface area contributed by atoms with Crippen molar-refractivity contribution >= 4 is 17.6 Å². The minimum Gasteiger partial charge on any atom is -0.469 e. The van der Waals surface area contributed by atoms with Crippen molar-refractivity contribution in [1.82, 2.24) is 0 Å². The molecule has 1 unspecified atom stereocenters. The van der Waals surface area contributed by atoms with Gasteiger partial charge in [0.15, 0.2) is 0 Å². The monoisotopic (exact) mass is 277 g/mol. The Bertz CT molecular complexity index is 476. The summed E-state index contributed by atoms with van der Waals surface area (Å²) in [5.74, 6) is -0.665. The molecule has 4 heteroatoms. The quantitative estimate of drug-likeness (QED) is 0.781. The van der Waals surface area contributed by atoms with Gasteiger partial charge in [-0.1, -0.05) is 32.0 Å². The van der Waals surface area contributed by atoms with Crippen molar-refractivity contribution in [2.45, 2.75) is 34.1 Å². The highest BCUT2D eigenvalue weighted by molar-refractivity contribution is 6.00. The number of carbonyl (C=O) groups is 2. The summed E-state index contributed by atoms with van der Waals surface area (Å²) in [6, 6.07) is 5.91. The SMILES string of the molecule is CC.COC(=O)C1CC(=O)N(c2c(C)cccc2C)C1. The van der Waals surface area contributed by atoms with Crippen molar-refractivity contribution in [3.05, 3.63) is 29.3 Å². The van der Waals surface area contributed by atoms with Crippen molar-refractivity contribution in [2.24, 2.45) is 5.92 Å². The number of ether oxygens (including phenoxy) is 1. The van der Waals surface area contributed by atoms with E-state index in [0.29, 0.717) is 6.54 Å². The van der Waals surface area contributed by atoms with Crippen LogP contribution in [0.5, 0.6) is 0 Å². The largest absolute Gasteiger partial charge is 0.469 e. The third-order valence-corrected chi connectivity index (χ3v) is 3.37.